The van der Waals surface area contributed by atoms with Crippen LogP contribution in [0.25, 0.3) is 0 Å². The zero-order chi connectivity index (χ0) is 85.5. The molecular weight excluding hydrogens is 1580 g/mol. The highest BCUT2D eigenvalue weighted by molar-refractivity contribution is 6.99. The highest BCUT2D eigenvalue weighted by atomic mass is 28.4. The lowest BCUT2D eigenvalue weighted by Crippen LogP contribution is -2.69. The summed E-state index contributed by atoms with van der Waals surface area (Å²) in [5.41, 5.74) is 5.47. The number of methoxy groups -OCH3 is 3. The van der Waals surface area contributed by atoms with E-state index < -0.39 is 130 Å². The van der Waals surface area contributed by atoms with Crippen LogP contribution in [-0.2, 0) is 115 Å². The molecule has 2 amide bonds. The van der Waals surface area contributed by atoms with Crippen molar-refractivity contribution in [2.24, 2.45) is 0 Å². The van der Waals surface area contributed by atoms with Gasteiger partial charge in [0.25, 0.3) is 20.1 Å². The van der Waals surface area contributed by atoms with E-state index >= 15 is 14.4 Å². The molecule has 0 N–H and O–H groups in total. The minimum absolute atomic E-state index is 0.0326. The van der Waals surface area contributed by atoms with Crippen molar-refractivity contribution in [3.05, 3.63) is 335 Å². The minimum Gasteiger partial charge on any atom is -0.497 e. The SMILES string of the molecule is COC(=O)CCCCCO[C@@H]1O[C@H](CO[C@H]2O[C@H](CO[Si](c3ccccc3)(c3ccccc3)C(C)(C)C)[C@H](O[C@@H]3O[C@@H](C)[C@@H](OCc4ccccc4)[C@@H](OCc4ccccc4)[C@@H]3OCc3ccccc3)[C@H](OCc3ccc(OC)cc3)[C@H]2OC(=O)c2ccccc2)[C@@H](OCc2ccc(OC)cc2)[C@H](OCc2ccccc2)[C@H]1N1C(=O)c2ccccc2C1=O. The number of nitrogens with zero attached hydrogens (tertiary/aromatic N) is 1. The molecule has 10 aromatic rings. The Labute approximate surface area is 720 Å². The average molecular weight is 1690 g/mol. The Morgan fingerprint density at radius 1 is 0.382 bits per heavy atom. The zero-order valence-corrected chi connectivity index (χ0v) is 71.5. The molecule has 0 bridgehead atoms. The summed E-state index contributed by atoms with van der Waals surface area (Å²) >= 11 is 0. The summed E-state index contributed by atoms with van der Waals surface area (Å²) in [5, 5.41) is 1.36. The maximum absolute atomic E-state index is 15.7. The molecule has 0 aliphatic carbocycles. The summed E-state index contributed by atoms with van der Waals surface area (Å²) in [5.74, 6) is -1.08. The molecule has 15 atom stereocenters. The van der Waals surface area contributed by atoms with Gasteiger partial charge in [-0.1, -0.05) is 264 Å². The highest BCUT2D eigenvalue weighted by Gasteiger charge is 2.60. The molecule has 123 heavy (non-hydrogen) atoms. The fraction of sp³-hybridized carbons (Fsp3) is 0.360. The number of fused-ring (bicyclic) bond motifs is 1. The van der Waals surface area contributed by atoms with Crippen molar-refractivity contribution in [1.29, 1.82) is 0 Å². The van der Waals surface area contributed by atoms with Crippen LogP contribution in [0.2, 0.25) is 5.04 Å². The number of carbonyl (C=O) groups is 4. The molecule has 4 aliphatic heterocycles. The van der Waals surface area contributed by atoms with Gasteiger partial charge in [0.15, 0.2) is 25.0 Å². The third-order valence-corrected chi connectivity index (χ3v) is 27.8. The van der Waals surface area contributed by atoms with Gasteiger partial charge in [0.1, 0.15) is 72.5 Å². The zero-order valence-electron chi connectivity index (χ0n) is 70.5. The van der Waals surface area contributed by atoms with Crippen LogP contribution < -0.4 is 19.8 Å². The molecule has 3 fully saturated rings. The van der Waals surface area contributed by atoms with Gasteiger partial charge in [-0.15, -0.1) is 0 Å². The second-order valence-corrected chi connectivity index (χ2v) is 36.3. The van der Waals surface area contributed by atoms with Gasteiger partial charge in [0.2, 0.25) is 0 Å². The molecule has 10 aromatic carbocycles. The molecule has 0 aromatic heterocycles. The van der Waals surface area contributed by atoms with Gasteiger partial charge in [-0.2, -0.15) is 0 Å². The van der Waals surface area contributed by atoms with Gasteiger partial charge in [-0.05, 0) is 117 Å². The average Bonchev–Trinajstić information content (AvgIpc) is 1.71. The predicted octanol–water partition coefficient (Wildman–Crippen LogP) is 15.3. The smallest absolute Gasteiger partial charge is 0.338 e. The Morgan fingerprint density at radius 3 is 1.26 bits per heavy atom. The summed E-state index contributed by atoms with van der Waals surface area (Å²) in [4.78, 5) is 59.8. The van der Waals surface area contributed by atoms with E-state index in [1.165, 1.54) is 7.11 Å². The number of rotatable bonds is 40. The van der Waals surface area contributed by atoms with Crippen molar-refractivity contribution in [3.63, 3.8) is 0 Å². The molecule has 3 saturated heterocycles. The van der Waals surface area contributed by atoms with E-state index in [0.717, 1.165) is 43.1 Å². The fourth-order valence-corrected chi connectivity index (χ4v) is 21.0. The van der Waals surface area contributed by atoms with Crippen LogP contribution in [0.5, 0.6) is 11.5 Å². The molecule has 644 valence electrons. The molecule has 4 aliphatic rings. The van der Waals surface area contributed by atoms with E-state index in [1.54, 1.807) is 68.8 Å². The van der Waals surface area contributed by atoms with Gasteiger partial charge < -0.3 is 80.2 Å². The number of amides is 2. The number of carbonyl (C=O) groups excluding carboxylic acids is 4. The summed E-state index contributed by atoms with van der Waals surface area (Å²) < 4.78 is 120. The maximum atomic E-state index is 15.7. The Hall–Kier alpha value is -10.4. The molecule has 0 saturated carbocycles. The van der Waals surface area contributed by atoms with E-state index in [-0.39, 0.29) is 81.9 Å². The number of unbranched alkanes of at least 4 members (excludes halogenated alkanes) is 2. The Balaban J connectivity index is 0.927. The summed E-state index contributed by atoms with van der Waals surface area (Å²) in [6.07, 6.45) is -15.5. The summed E-state index contributed by atoms with van der Waals surface area (Å²) in [6, 6.07) is 88.4. The van der Waals surface area contributed by atoms with Crippen LogP contribution in [0.15, 0.2) is 285 Å². The maximum Gasteiger partial charge on any atom is 0.338 e. The van der Waals surface area contributed by atoms with Crippen LogP contribution in [-0.4, -0.2) is 170 Å². The van der Waals surface area contributed by atoms with Crippen LogP contribution >= 0.6 is 0 Å². The number of imide groups is 1. The first kappa shape index (κ1) is 88.9. The van der Waals surface area contributed by atoms with Crippen molar-refractivity contribution in [2.75, 3.05) is 41.2 Å². The first-order valence-corrected chi connectivity index (χ1v) is 44.0. The summed E-state index contributed by atoms with van der Waals surface area (Å²) in [6.45, 7) is 8.11. The lowest BCUT2D eigenvalue weighted by molar-refractivity contribution is -0.372. The van der Waals surface area contributed by atoms with Gasteiger partial charge in [0.05, 0.1) is 97.0 Å². The second kappa shape index (κ2) is 43.3. The molecule has 0 spiro atoms. The normalized spacial score (nSPS) is 23.4. The topological polar surface area (TPSA) is 228 Å². The monoisotopic (exact) mass is 1690 g/mol. The molecule has 14 rings (SSSR count). The van der Waals surface area contributed by atoms with Crippen LogP contribution in [0, 0.1) is 0 Å². The Bertz CT molecular complexity index is 4850. The van der Waals surface area contributed by atoms with Crippen LogP contribution in [0.3, 0.4) is 0 Å². The molecule has 22 nitrogen and oxygen atoms in total. The van der Waals surface area contributed by atoms with Crippen LogP contribution in [0.4, 0.5) is 0 Å². The quantitative estimate of drug-likeness (QED) is 0.0150. The van der Waals surface area contributed by atoms with Gasteiger partial charge >= 0.3 is 11.9 Å². The third-order valence-electron chi connectivity index (χ3n) is 22.8. The lowest BCUT2D eigenvalue weighted by atomic mass is 9.94. The third kappa shape index (κ3) is 22.2. The second-order valence-electron chi connectivity index (χ2n) is 32.0. The van der Waals surface area contributed by atoms with E-state index in [2.05, 4.69) is 45.0 Å². The largest absolute Gasteiger partial charge is 0.497 e. The van der Waals surface area contributed by atoms with Crippen molar-refractivity contribution in [2.45, 2.75) is 190 Å². The van der Waals surface area contributed by atoms with Crippen molar-refractivity contribution >= 4 is 42.4 Å². The van der Waals surface area contributed by atoms with Crippen molar-refractivity contribution in [3.8, 4) is 11.5 Å². The first-order valence-electron chi connectivity index (χ1n) is 42.1. The van der Waals surface area contributed by atoms with Crippen molar-refractivity contribution in [1.82, 2.24) is 4.90 Å². The number of hydrogen-bond donors (Lipinski definition) is 0. The molecule has 0 radical (unpaired) electrons. The van der Waals surface area contributed by atoms with Gasteiger partial charge in [-0.3, -0.25) is 19.3 Å². The van der Waals surface area contributed by atoms with Crippen LogP contribution in [0.1, 0.15) is 118 Å². The number of ether oxygens (including phenoxy) is 16. The standard InChI is InChI=1S/C100H109NO21Si/c1-68-86(110-60-69-34-16-8-17-35-69)90(113-62-71-38-20-10-21-39-71)92(115-63-72-40-22-11-23-41-72)99(118-68)122-88-83(67-117-123(100(2,3)4,78-44-26-13-27-45-78)79-46-28-14-29-47-79)120-98(93(121-96(105)75-42-24-12-25-43-75)91(88)114-65-74-53-57-77(107-6)58-54-74)116-66-82-87(111-64-73-51-55-76(106-5)56-52-73)89(112-61-70-36-18-9-19-37-70)85(97(119-82)109-59-33-15-30-50-84(102)108-7)101-94(103)80-48-31-32-49-81(80)95(101)104/h8-14,16-29,31-32,34-49,51-58,68,82-83,85-93,97-99H,15,30,33,50,59-67H2,1-7H3/t68-,82+,83+,85+,86+,87+,88-,89+,90+,91-,92-,93+,97+,98-,99-/m0/s1. The lowest BCUT2D eigenvalue weighted by Gasteiger charge is -2.51. The summed E-state index contributed by atoms with van der Waals surface area (Å²) in [7, 11) is 0.963. The molecule has 23 heteroatoms. The molecule has 0 unspecified atom stereocenters. The van der Waals surface area contributed by atoms with E-state index in [4.69, 9.17) is 80.2 Å². The van der Waals surface area contributed by atoms with E-state index in [1.807, 2.05) is 213 Å². The van der Waals surface area contributed by atoms with E-state index in [0.29, 0.717) is 36.3 Å². The first-order chi connectivity index (χ1) is 60.1. The van der Waals surface area contributed by atoms with Crippen molar-refractivity contribution < 1.29 is 99.4 Å². The minimum atomic E-state index is -3.57. The fourth-order valence-electron chi connectivity index (χ4n) is 16.4. The Kier molecular flexibility index (Phi) is 31.3. The van der Waals surface area contributed by atoms with Gasteiger partial charge in [-0.25, -0.2) is 4.79 Å². The number of esters is 2. The molecule has 4 heterocycles. The molecular formula is C100H109NO21Si. The number of hydrogen-bond acceptors (Lipinski definition) is 21. The van der Waals surface area contributed by atoms with E-state index in [9.17, 15) is 4.79 Å². The highest BCUT2D eigenvalue weighted by Crippen LogP contribution is 2.43. The predicted molar refractivity (Wildman–Crippen MR) is 462 cm³/mol. The van der Waals surface area contributed by atoms with Gasteiger partial charge in [0, 0.05) is 13.0 Å². The number of benzene rings is 10. The Morgan fingerprint density at radius 2 is 0.789 bits per heavy atom.